The van der Waals surface area contributed by atoms with Gasteiger partial charge in [0.15, 0.2) is 0 Å². The van der Waals surface area contributed by atoms with Crippen molar-refractivity contribution in [1.29, 1.82) is 0 Å². The average Bonchev–Trinajstić information content (AvgIpc) is 2.82. The molecule has 0 aliphatic rings. The van der Waals surface area contributed by atoms with Gasteiger partial charge in [0.05, 0.1) is 5.02 Å². The molecule has 0 atom stereocenters. The maximum absolute atomic E-state index is 13.1. The molecule has 20 heavy (non-hydrogen) atoms. The van der Waals surface area contributed by atoms with Crippen LogP contribution in [0.5, 0.6) is 0 Å². The molecular formula is C15H10ClFN2S. The lowest BCUT2D eigenvalue weighted by molar-refractivity contribution is 0.628. The van der Waals surface area contributed by atoms with E-state index in [1.54, 1.807) is 6.07 Å². The lowest BCUT2D eigenvalue weighted by atomic mass is 10.1. The highest BCUT2D eigenvalue weighted by atomic mass is 35.5. The van der Waals surface area contributed by atoms with Gasteiger partial charge in [-0.2, -0.15) is 0 Å². The maximum atomic E-state index is 13.1. The van der Waals surface area contributed by atoms with Crippen LogP contribution in [0.2, 0.25) is 5.02 Å². The first kappa shape index (κ1) is 13.1. The smallest absolute Gasteiger partial charge is 0.126 e. The van der Waals surface area contributed by atoms with Crippen molar-refractivity contribution in [2.24, 2.45) is 0 Å². The van der Waals surface area contributed by atoms with Crippen LogP contribution in [-0.4, -0.2) is 4.98 Å². The van der Waals surface area contributed by atoms with E-state index in [1.165, 1.54) is 23.5 Å². The van der Waals surface area contributed by atoms with E-state index in [-0.39, 0.29) is 5.82 Å². The van der Waals surface area contributed by atoms with E-state index in [1.807, 2.05) is 30.3 Å². The Kier molecular flexibility index (Phi) is 3.42. The second-order valence-corrected chi connectivity index (χ2v) is 5.66. The average molecular weight is 305 g/mol. The molecular weight excluding hydrogens is 295 g/mol. The number of benzene rings is 2. The molecule has 0 saturated heterocycles. The van der Waals surface area contributed by atoms with Crippen molar-refractivity contribution in [2.45, 2.75) is 0 Å². The maximum Gasteiger partial charge on any atom is 0.126 e. The first-order valence-electron chi connectivity index (χ1n) is 5.92. The number of aromatic nitrogens is 1. The van der Waals surface area contributed by atoms with Gasteiger partial charge in [0, 0.05) is 11.1 Å². The third kappa shape index (κ3) is 2.40. The van der Waals surface area contributed by atoms with E-state index in [9.17, 15) is 4.39 Å². The molecule has 2 N–H and O–H groups in total. The number of anilines is 1. The van der Waals surface area contributed by atoms with E-state index in [0.717, 1.165) is 10.6 Å². The van der Waals surface area contributed by atoms with Crippen LogP contribution in [0.25, 0.3) is 21.8 Å². The van der Waals surface area contributed by atoms with Crippen molar-refractivity contribution in [3.05, 3.63) is 59.4 Å². The Balaban J connectivity index is 2.10. The Hall–Kier alpha value is -1.91. The fraction of sp³-hybridized carbons (Fsp3) is 0. The summed E-state index contributed by atoms with van der Waals surface area (Å²) in [4.78, 5) is 4.53. The van der Waals surface area contributed by atoms with Gasteiger partial charge in [-0.15, -0.1) is 0 Å². The van der Waals surface area contributed by atoms with Crippen LogP contribution < -0.4 is 5.73 Å². The summed E-state index contributed by atoms with van der Waals surface area (Å²) in [6.45, 7) is 0. The molecule has 100 valence electrons. The number of nitrogens with two attached hydrogens (primary N) is 1. The number of rotatable bonds is 2. The number of hydrogen-bond acceptors (Lipinski definition) is 3. The van der Waals surface area contributed by atoms with Crippen molar-refractivity contribution in [3.8, 4) is 21.8 Å². The minimum atomic E-state index is -0.379. The van der Waals surface area contributed by atoms with Crippen molar-refractivity contribution >= 4 is 27.9 Å². The van der Waals surface area contributed by atoms with Gasteiger partial charge < -0.3 is 5.73 Å². The first-order chi connectivity index (χ1) is 9.65. The van der Waals surface area contributed by atoms with Gasteiger partial charge in [-0.05, 0) is 18.2 Å². The molecule has 0 unspecified atom stereocenters. The molecule has 5 heteroatoms. The molecule has 0 spiro atoms. The summed E-state index contributed by atoms with van der Waals surface area (Å²) in [5.41, 5.74) is 8.25. The fourth-order valence-electron chi connectivity index (χ4n) is 1.91. The van der Waals surface area contributed by atoms with Gasteiger partial charge in [0.1, 0.15) is 21.5 Å². The second-order valence-electron chi connectivity index (χ2n) is 4.22. The van der Waals surface area contributed by atoms with Crippen LogP contribution >= 0.6 is 22.9 Å². The minimum Gasteiger partial charge on any atom is -0.389 e. The van der Waals surface area contributed by atoms with Crippen LogP contribution in [-0.2, 0) is 0 Å². The van der Waals surface area contributed by atoms with E-state index < -0.39 is 0 Å². The molecule has 1 aromatic heterocycles. The van der Waals surface area contributed by atoms with Crippen LogP contribution in [0.4, 0.5) is 9.39 Å². The van der Waals surface area contributed by atoms with Crippen LogP contribution in [0.15, 0.2) is 48.5 Å². The summed E-state index contributed by atoms with van der Waals surface area (Å²) in [5, 5.41) is 1.69. The second kappa shape index (κ2) is 5.23. The molecule has 1 heterocycles. The zero-order valence-electron chi connectivity index (χ0n) is 10.3. The lowest BCUT2D eigenvalue weighted by Crippen LogP contribution is -1.87. The highest BCUT2D eigenvalue weighted by molar-refractivity contribution is 7.19. The Morgan fingerprint density at radius 2 is 1.85 bits per heavy atom. The summed E-state index contributed by atoms with van der Waals surface area (Å²) < 4.78 is 13.1. The monoisotopic (exact) mass is 304 g/mol. The van der Waals surface area contributed by atoms with E-state index in [4.69, 9.17) is 17.3 Å². The van der Waals surface area contributed by atoms with Crippen molar-refractivity contribution in [2.75, 3.05) is 5.73 Å². The van der Waals surface area contributed by atoms with Crippen LogP contribution in [0.3, 0.4) is 0 Å². The van der Waals surface area contributed by atoms with Gasteiger partial charge in [-0.25, -0.2) is 9.37 Å². The van der Waals surface area contributed by atoms with Crippen LogP contribution in [0, 0.1) is 5.82 Å². The molecule has 3 aromatic rings. The standard InChI is InChI=1S/C15H10ClFN2S/c16-12-8-10(17)6-7-11(12)13-14(18)20-15(19-13)9-4-2-1-3-5-9/h1-8H,18H2. The van der Waals surface area contributed by atoms with Gasteiger partial charge in [0.25, 0.3) is 0 Å². The Morgan fingerprint density at radius 3 is 2.55 bits per heavy atom. The topological polar surface area (TPSA) is 38.9 Å². The van der Waals surface area contributed by atoms with Gasteiger partial charge in [-0.3, -0.25) is 0 Å². The molecule has 0 aliphatic heterocycles. The third-order valence-electron chi connectivity index (χ3n) is 2.86. The van der Waals surface area contributed by atoms with Crippen molar-refractivity contribution < 1.29 is 4.39 Å². The van der Waals surface area contributed by atoms with E-state index in [0.29, 0.717) is 21.3 Å². The molecule has 3 rings (SSSR count). The normalized spacial score (nSPS) is 10.7. The van der Waals surface area contributed by atoms with Gasteiger partial charge in [0.2, 0.25) is 0 Å². The lowest BCUT2D eigenvalue weighted by Gasteiger charge is -2.01. The number of nitrogen functional groups attached to an aromatic ring is 1. The molecule has 2 nitrogen and oxygen atoms in total. The predicted octanol–water partition coefficient (Wildman–Crippen LogP) is 4.85. The Morgan fingerprint density at radius 1 is 1.10 bits per heavy atom. The largest absolute Gasteiger partial charge is 0.389 e. The highest BCUT2D eigenvalue weighted by Crippen LogP contribution is 2.38. The summed E-state index contributed by atoms with van der Waals surface area (Å²) in [6.07, 6.45) is 0. The van der Waals surface area contributed by atoms with E-state index in [2.05, 4.69) is 4.98 Å². The summed E-state index contributed by atoms with van der Waals surface area (Å²) in [5.74, 6) is -0.379. The predicted molar refractivity (Wildman–Crippen MR) is 82.4 cm³/mol. The van der Waals surface area contributed by atoms with Crippen molar-refractivity contribution in [1.82, 2.24) is 4.98 Å². The van der Waals surface area contributed by atoms with E-state index >= 15 is 0 Å². The summed E-state index contributed by atoms with van der Waals surface area (Å²) in [6, 6.07) is 14.0. The number of nitrogens with zero attached hydrogens (tertiary/aromatic N) is 1. The number of hydrogen-bond donors (Lipinski definition) is 1. The molecule has 0 fully saturated rings. The Bertz CT molecular complexity index is 756. The molecule has 0 bridgehead atoms. The summed E-state index contributed by atoms with van der Waals surface area (Å²) in [7, 11) is 0. The molecule has 2 aromatic carbocycles. The third-order valence-corrected chi connectivity index (χ3v) is 4.11. The number of halogens is 2. The quantitative estimate of drug-likeness (QED) is 0.735. The summed E-state index contributed by atoms with van der Waals surface area (Å²) >= 11 is 7.45. The molecule has 0 amide bonds. The highest BCUT2D eigenvalue weighted by Gasteiger charge is 2.14. The van der Waals surface area contributed by atoms with Gasteiger partial charge in [-0.1, -0.05) is 53.3 Å². The Labute approximate surface area is 124 Å². The minimum absolute atomic E-state index is 0.307. The molecule has 0 radical (unpaired) electrons. The first-order valence-corrected chi connectivity index (χ1v) is 7.12. The number of thiazole rings is 1. The van der Waals surface area contributed by atoms with Crippen molar-refractivity contribution in [3.63, 3.8) is 0 Å². The zero-order chi connectivity index (χ0) is 14.1. The SMILES string of the molecule is Nc1sc(-c2ccccc2)nc1-c1ccc(F)cc1Cl. The molecule has 0 aliphatic carbocycles. The van der Waals surface area contributed by atoms with Gasteiger partial charge >= 0.3 is 0 Å². The molecule has 0 saturated carbocycles. The van der Waals surface area contributed by atoms with Crippen LogP contribution in [0.1, 0.15) is 0 Å². The zero-order valence-corrected chi connectivity index (χ0v) is 11.9. The fourth-order valence-corrected chi connectivity index (χ4v) is 3.02.